The molecule has 2 heterocycles. The summed E-state index contributed by atoms with van der Waals surface area (Å²) in [6, 6.07) is 20.7. The lowest BCUT2D eigenvalue weighted by Crippen LogP contribution is -2.38. The predicted molar refractivity (Wildman–Crippen MR) is 110 cm³/mol. The summed E-state index contributed by atoms with van der Waals surface area (Å²) in [6.45, 7) is 3.98. The fourth-order valence-corrected chi connectivity index (χ4v) is 4.69. The molecule has 3 aromatic rings. The number of carbonyl (C=O) groups is 1. The number of ether oxygens (including phenoxy) is 1. The van der Waals surface area contributed by atoms with Crippen LogP contribution in [0.2, 0.25) is 0 Å². The number of hydrogen-bond donors (Lipinski definition) is 0. The van der Waals surface area contributed by atoms with Crippen LogP contribution in [0.15, 0.2) is 66.0 Å². The van der Waals surface area contributed by atoms with Gasteiger partial charge in [0, 0.05) is 18.0 Å². The molecule has 1 atom stereocenters. The first-order valence-corrected chi connectivity index (χ1v) is 10.2. The molecule has 4 heteroatoms. The van der Waals surface area contributed by atoms with E-state index in [1.54, 1.807) is 6.92 Å². The number of thiophene rings is 1. The Hall–Kier alpha value is -2.43. The van der Waals surface area contributed by atoms with Crippen molar-refractivity contribution in [3.8, 4) is 5.75 Å². The van der Waals surface area contributed by atoms with Crippen molar-refractivity contribution in [2.75, 3.05) is 19.7 Å². The van der Waals surface area contributed by atoms with Crippen molar-refractivity contribution in [1.82, 2.24) is 4.90 Å². The Morgan fingerprint density at radius 1 is 1.11 bits per heavy atom. The van der Waals surface area contributed by atoms with Gasteiger partial charge in [-0.1, -0.05) is 42.5 Å². The summed E-state index contributed by atoms with van der Waals surface area (Å²) in [7, 11) is 0. The molecular weight excluding hydrogens is 354 g/mol. The molecule has 1 aliphatic heterocycles. The molecule has 0 bridgehead atoms. The molecule has 1 aromatic heterocycles. The summed E-state index contributed by atoms with van der Waals surface area (Å²) >= 11 is 1.86. The molecule has 27 heavy (non-hydrogen) atoms. The van der Waals surface area contributed by atoms with Gasteiger partial charge in [-0.15, -0.1) is 11.3 Å². The summed E-state index contributed by atoms with van der Waals surface area (Å²) in [5.41, 5.74) is 3.39. The maximum absolute atomic E-state index is 11.8. The molecule has 138 valence electrons. The third-order valence-corrected chi connectivity index (χ3v) is 6.08. The van der Waals surface area contributed by atoms with Gasteiger partial charge in [0.15, 0.2) is 5.78 Å². The lowest BCUT2D eigenvalue weighted by atomic mass is 9.93. The van der Waals surface area contributed by atoms with Crippen LogP contribution in [0, 0.1) is 0 Å². The van der Waals surface area contributed by atoms with Crippen LogP contribution in [-0.4, -0.2) is 30.4 Å². The van der Waals surface area contributed by atoms with E-state index in [0.717, 1.165) is 19.5 Å². The zero-order chi connectivity index (χ0) is 18.6. The van der Waals surface area contributed by atoms with E-state index in [-0.39, 0.29) is 11.8 Å². The van der Waals surface area contributed by atoms with Gasteiger partial charge in [0.25, 0.3) is 0 Å². The van der Waals surface area contributed by atoms with Gasteiger partial charge < -0.3 is 4.74 Å². The lowest BCUT2D eigenvalue weighted by molar-refractivity contribution is 0.101. The molecule has 0 radical (unpaired) electrons. The summed E-state index contributed by atoms with van der Waals surface area (Å²) in [5, 5.41) is 2.20. The van der Waals surface area contributed by atoms with Crippen LogP contribution in [0.1, 0.15) is 39.3 Å². The highest BCUT2D eigenvalue weighted by Crippen LogP contribution is 2.37. The highest BCUT2D eigenvalue weighted by molar-refractivity contribution is 7.10. The molecule has 0 spiro atoms. The topological polar surface area (TPSA) is 29.5 Å². The van der Waals surface area contributed by atoms with Crippen molar-refractivity contribution in [3.05, 3.63) is 87.6 Å². The van der Waals surface area contributed by atoms with E-state index in [2.05, 4.69) is 46.7 Å². The third-order valence-electron chi connectivity index (χ3n) is 5.08. The van der Waals surface area contributed by atoms with E-state index in [1.807, 2.05) is 35.6 Å². The van der Waals surface area contributed by atoms with E-state index >= 15 is 0 Å². The fraction of sp³-hybridized carbons (Fsp3) is 0.261. The minimum atomic E-state index is 0.0358. The van der Waals surface area contributed by atoms with Crippen LogP contribution in [0.5, 0.6) is 5.75 Å². The first-order valence-electron chi connectivity index (χ1n) is 9.32. The molecule has 0 saturated carbocycles. The highest BCUT2D eigenvalue weighted by Gasteiger charge is 2.29. The Labute approximate surface area is 164 Å². The van der Waals surface area contributed by atoms with Crippen molar-refractivity contribution >= 4 is 17.1 Å². The van der Waals surface area contributed by atoms with Crippen molar-refractivity contribution in [2.45, 2.75) is 19.4 Å². The molecule has 0 fully saturated rings. The molecule has 0 N–H and O–H groups in total. The van der Waals surface area contributed by atoms with E-state index in [4.69, 9.17) is 4.74 Å². The summed E-state index contributed by atoms with van der Waals surface area (Å²) < 4.78 is 5.99. The second kappa shape index (κ2) is 8.07. The van der Waals surface area contributed by atoms with Crippen LogP contribution >= 0.6 is 11.3 Å². The number of para-hydroxylation sites is 1. The standard InChI is InChI=1S/C23H23NO2S/c1-17(25)19-9-5-6-10-21(19)26-15-14-24-13-11-22-20(12-16-27-22)23(24)18-7-3-2-4-8-18/h2-10,12,16,23H,11,13-15H2,1H3/t23-/m0/s1. The number of Topliss-reactive ketones (excluding diaryl/α,β-unsaturated/α-hetero) is 1. The van der Waals surface area contributed by atoms with E-state index < -0.39 is 0 Å². The van der Waals surface area contributed by atoms with Gasteiger partial charge >= 0.3 is 0 Å². The Morgan fingerprint density at radius 2 is 1.89 bits per heavy atom. The minimum Gasteiger partial charge on any atom is -0.491 e. The average molecular weight is 378 g/mol. The van der Waals surface area contributed by atoms with E-state index in [9.17, 15) is 4.79 Å². The SMILES string of the molecule is CC(=O)c1ccccc1OCCN1CCc2sccc2[C@@H]1c1ccccc1. The molecule has 0 unspecified atom stereocenters. The van der Waals surface area contributed by atoms with Crippen molar-refractivity contribution in [1.29, 1.82) is 0 Å². The van der Waals surface area contributed by atoms with Gasteiger partial charge in [0.2, 0.25) is 0 Å². The molecule has 0 amide bonds. The van der Waals surface area contributed by atoms with Gasteiger partial charge in [0.1, 0.15) is 12.4 Å². The molecule has 1 aliphatic rings. The number of nitrogens with zero attached hydrogens (tertiary/aromatic N) is 1. The average Bonchev–Trinajstić information content (AvgIpc) is 3.17. The zero-order valence-electron chi connectivity index (χ0n) is 15.4. The summed E-state index contributed by atoms with van der Waals surface area (Å²) in [5.74, 6) is 0.711. The summed E-state index contributed by atoms with van der Waals surface area (Å²) in [6.07, 6.45) is 1.08. The number of fused-ring (bicyclic) bond motifs is 1. The molecule has 3 nitrogen and oxygen atoms in total. The maximum atomic E-state index is 11.8. The maximum Gasteiger partial charge on any atom is 0.163 e. The number of hydrogen-bond acceptors (Lipinski definition) is 4. The van der Waals surface area contributed by atoms with Gasteiger partial charge in [0.05, 0.1) is 11.6 Å². The van der Waals surface area contributed by atoms with Gasteiger partial charge in [-0.2, -0.15) is 0 Å². The van der Waals surface area contributed by atoms with Crippen LogP contribution in [0.3, 0.4) is 0 Å². The first-order chi connectivity index (χ1) is 13.2. The Balaban J connectivity index is 1.51. The Kier molecular flexibility index (Phi) is 5.37. The van der Waals surface area contributed by atoms with Crippen LogP contribution in [0.25, 0.3) is 0 Å². The van der Waals surface area contributed by atoms with Gasteiger partial charge in [-0.25, -0.2) is 0 Å². The molecule has 2 aromatic carbocycles. The fourth-order valence-electron chi connectivity index (χ4n) is 3.79. The van der Waals surface area contributed by atoms with E-state index in [1.165, 1.54) is 16.0 Å². The third kappa shape index (κ3) is 3.82. The van der Waals surface area contributed by atoms with Gasteiger partial charge in [-0.05, 0) is 48.1 Å². The molecular formula is C23H23NO2S. The molecule has 0 saturated heterocycles. The number of rotatable bonds is 6. The van der Waals surface area contributed by atoms with Crippen LogP contribution in [-0.2, 0) is 6.42 Å². The zero-order valence-corrected chi connectivity index (χ0v) is 16.2. The quantitative estimate of drug-likeness (QED) is 0.568. The second-order valence-electron chi connectivity index (χ2n) is 6.80. The van der Waals surface area contributed by atoms with Crippen molar-refractivity contribution in [2.24, 2.45) is 0 Å². The number of benzene rings is 2. The van der Waals surface area contributed by atoms with E-state index in [0.29, 0.717) is 17.9 Å². The Morgan fingerprint density at radius 3 is 2.70 bits per heavy atom. The Bertz CT molecular complexity index is 919. The molecule has 0 aliphatic carbocycles. The van der Waals surface area contributed by atoms with Crippen LogP contribution in [0.4, 0.5) is 0 Å². The van der Waals surface area contributed by atoms with Gasteiger partial charge in [-0.3, -0.25) is 9.69 Å². The number of carbonyl (C=O) groups excluding carboxylic acids is 1. The predicted octanol–water partition coefficient (Wildman–Crippen LogP) is 4.98. The number of ketones is 1. The van der Waals surface area contributed by atoms with Crippen LogP contribution < -0.4 is 4.74 Å². The molecule has 4 rings (SSSR count). The summed E-state index contributed by atoms with van der Waals surface area (Å²) in [4.78, 5) is 15.8. The highest BCUT2D eigenvalue weighted by atomic mass is 32.1. The largest absolute Gasteiger partial charge is 0.491 e. The van der Waals surface area contributed by atoms with Crippen molar-refractivity contribution < 1.29 is 9.53 Å². The monoisotopic (exact) mass is 377 g/mol. The first kappa shape index (κ1) is 18.0. The minimum absolute atomic E-state index is 0.0358. The second-order valence-corrected chi connectivity index (χ2v) is 7.80. The van der Waals surface area contributed by atoms with Crippen molar-refractivity contribution in [3.63, 3.8) is 0 Å². The smallest absolute Gasteiger partial charge is 0.163 e. The lowest BCUT2D eigenvalue weighted by Gasteiger charge is -2.36. The normalized spacial score (nSPS) is 16.7.